The van der Waals surface area contributed by atoms with Gasteiger partial charge < -0.3 is 15.2 Å². The maximum absolute atomic E-state index is 5.71. The van der Waals surface area contributed by atoms with Crippen molar-refractivity contribution in [2.45, 2.75) is 6.54 Å². The molecule has 0 spiro atoms. The Labute approximate surface area is 109 Å². The van der Waals surface area contributed by atoms with E-state index in [1.165, 1.54) is 0 Å². The van der Waals surface area contributed by atoms with Crippen LogP contribution < -0.4 is 15.2 Å². The van der Waals surface area contributed by atoms with Gasteiger partial charge in [-0.25, -0.2) is 5.10 Å². The van der Waals surface area contributed by atoms with Crippen molar-refractivity contribution in [1.29, 1.82) is 0 Å². The van der Waals surface area contributed by atoms with Crippen molar-refractivity contribution in [2.24, 2.45) is 0 Å². The monoisotopic (exact) mass is 266 g/mol. The zero-order chi connectivity index (χ0) is 13.1. The van der Waals surface area contributed by atoms with Crippen molar-refractivity contribution >= 4 is 18.2 Å². The number of rotatable bonds is 4. The minimum absolute atomic E-state index is 0.356. The second-order valence-electron chi connectivity index (χ2n) is 3.66. The van der Waals surface area contributed by atoms with Gasteiger partial charge in [0.1, 0.15) is 0 Å². The third kappa shape index (κ3) is 2.30. The van der Waals surface area contributed by atoms with Crippen LogP contribution in [0.5, 0.6) is 11.5 Å². The zero-order valence-electron chi connectivity index (χ0n) is 10.1. The van der Waals surface area contributed by atoms with Crippen LogP contribution in [0.1, 0.15) is 5.56 Å². The van der Waals surface area contributed by atoms with E-state index in [1.54, 1.807) is 18.8 Å². The Morgan fingerprint density at radius 3 is 2.61 bits per heavy atom. The number of aromatic amines is 1. The number of methoxy groups -OCH3 is 2. The molecule has 0 saturated carbocycles. The number of H-pyrrole nitrogens is 1. The van der Waals surface area contributed by atoms with Gasteiger partial charge >= 0.3 is 0 Å². The van der Waals surface area contributed by atoms with Crippen LogP contribution in [0.2, 0.25) is 0 Å². The third-order valence-corrected chi connectivity index (χ3v) is 2.89. The fourth-order valence-electron chi connectivity index (χ4n) is 1.64. The summed E-state index contributed by atoms with van der Waals surface area (Å²) in [4.78, 5) is 0. The van der Waals surface area contributed by atoms with Gasteiger partial charge in [-0.3, -0.25) is 4.57 Å². The number of anilines is 1. The van der Waals surface area contributed by atoms with Crippen molar-refractivity contribution in [1.82, 2.24) is 14.8 Å². The molecule has 2 rings (SSSR count). The second kappa shape index (κ2) is 5.09. The predicted octanol–water partition coefficient (Wildman–Crippen LogP) is 1.59. The minimum Gasteiger partial charge on any atom is -0.493 e. The fourth-order valence-corrected chi connectivity index (χ4v) is 1.85. The summed E-state index contributed by atoms with van der Waals surface area (Å²) in [5.41, 5.74) is 6.71. The van der Waals surface area contributed by atoms with Gasteiger partial charge in [-0.15, -0.1) is 5.10 Å². The topological polar surface area (TPSA) is 78.1 Å². The SMILES string of the molecule is COc1ccc(Cn2c(N)n[nH]c2=S)cc1OC. The first-order valence-corrected chi connectivity index (χ1v) is 5.68. The van der Waals surface area contributed by atoms with Crippen LogP contribution in [0.4, 0.5) is 5.95 Å². The minimum atomic E-state index is 0.356. The number of nitrogens with zero attached hydrogens (tertiary/aromatic N) is 2. The highest BCUT2D eigenvalue weighted by atomic mass is 32.1. The average Bonchev–Trinajstić information content (AvgIpc) is 2.70. The van der Waals surface area contributed by atoms with Gasteiger partial charge in [-0.2, -0.15) is 0 Å². The number of nitrogens with two attached hydrogens (primary N) is 1. The molecule has 0 fully saturated rings. The van der Waals surface area contributed by atoms with Gasteiger partial charge in [-0.1, -0.05) is 6.07 Å². The van der Waals surface area contributed by atoms with Gasteiger partial charge in [0.15, 0.2) is 16.3 Å². The van der Waals surface area contributed by atoms with E-state index in [9.17, 15) is 0 Å². The first-order valence-electron chi connectivity index (χ1n) is 5.27. The molecule has 0 aliphatic rings. The number of hydrogen-bond donors (Lipinski definition) is 2. The van der Waals surface area contributed by atoms with Crippen molar-refractivity contribution in [2.75, 3.05) is 20.0 Å². The van der Waals surface area contributed by atoms with Crippen LogP contribution in [0.25, 0.3) is 0 Å². The Morgan fingerprint density at radius 1 is 1.33 bits per heavy atom. The Balaban J connectivity index is 2.33. The number of nitrogen functional groups attached to an aromatic ring is 1. The summed E-state index contributed by atoms with van der Waals surface area (Å²) in [5.74, 6) is 1.71. The van der Waals surface area contributed by atoms with Crippen LogP contribution in [0, 0.1) is 4.77 Å². The normalized spacial score (nSPS) is 10.3. The van der Waals surface area contributed by atoms with Crippen molar-refractivity contribution < 1.29 is 9.47 Å². The molecule has 0 aliphatic heterocycles. The highest BCUT2D eigenvalue weighted by Crippen LogP contribution is 2.27. The number of aromatic nitrogens is 3. The molecule has 3 N–H and O–H groups in total. The van der Waals surface area contributed by atoms with E-state index in [0.29, 0.717) is 28.8 Å². The molecule has 0 atom stereocenters. The van der Waals surface area contributed by atoms with Crippen LogP contribution in [0.3, 0.4) is 0 Å². The van der Waals surface area contributed by atoms with E-state index in [4.69, 9.17) is 27.4 Å². The summed E-state index contributed by atoms with van der Waals surface area (Å²) in [6, 6.07) is 5.65. The lowest BCUT2D eigenvalue weighted by Crippen LogP contribution is -2.05. The molecular weight excluding hydrogens is 252 g/mol. The molecule has 0 unspecified atom stereocenters. The lowest BCUT2D eigenvalue weighted by atomic mass is 10.2. The first-order chi connectivity index (χ1) is 8.65. The molecule has 96 valence electrons. The number of hydrogen-bond acceptors (Lipinski definition) is 5. The summed E-state index contributed by atoms with van der Waals surface area (Å²) in [7, 11) is 3.20. The molecule has 2 aromatic rings. The smallest absolute Gasteiger partial charge is 0.220 e. The number of nitrogens with one attached hydrogen (secondary N) is 1. The van der Waals surface area contributed by atoms with Gasteiger partial charge in [-0.05, 0) is 29.9 Å². The fraction of sp³-hybridized carbons (Fsp3) is 0.273. The maximum Gasteiger partial charge on any atom is 0.220 e. The molecule has 0 amide bonds. The largest absolute Gasteiger partial charge is 0.493 e. The van der Waals surface area contributed by atoms with Gasteiger partial charge in [0, 0.05) is 0 Å². The number of ether oxygens (including phenoxy) is 2. The summed E-state index contributed by atoms with van der Waals surface area (Å²) >= 11 is 5.09. The van der Waals surface area contributed by atoms with E-state index in [2.05, 4.69) is 10.2 Å². The molecule has 1 aromatic carbocycles. The highest BCUT2D eigenvalue weighted by molar-refractivity contribution is 7.71. The van der Waals surface area contributed by atoms with E-state index >= 15 is 0 Å². The molecule has 0 radical (unpaired) electrons. The maximum atomic E-state index is 5.71. The lowest BCUT2D eigenvalue weighted by Gasteiger charge is -2.10. The van der Waals surface area contributed by atoms with Crippen molar-refractivity contribution in [3.63, 3.8) is 0 Å². The molecule has 0 saturated heterocycles. The molecule has 0 aliphatic carbocycles. The van der Waals surface area contributed by atoms with Crippen LogP contribution in [0.15, 0.2) is 18.2 Å². The standard InChI is InChI=1S/C11H14N4O2S/c1-16-8-4-3-7(5-9(8)17-2)6-15-10(12)13-14-11(15)18/h3-5H,6H2,1-2H3,(H2,12,13)(H,14,18). The Hall–Kier alpha value is -2.02. The third-order valence-electron chi connectivity index (χ3n) is 2.58. The summed E-state index contributed by atoms with van der Waals surface area (Å²) in [6.07, 6.45) is 0. The van der Waals surface area contributed by atoms with Gasteiger partial charge in [0.2, 0.25) is 5.95 Å². The van der Waals surface area contributed by atoms with E-state index in [-0.39, 0.29) is 0 Å². The lowest BCUT2D eigenvalue weighted by molar-refractivity contribution is 0.354. The van der Waals surface area contributed by atoms with E-state index in [1.807, 2.05) is 18.2 Å². The molecule has 18 heavy (non-hydrogen) atoms. The molecule has 1 heterocycles. The molecule has 6 nitrogen and oxygen atoms in total. The van der Waals surface area contributed by atoms with Gasteiger partial charge in [0.05, 0.1) is 20.8 Å². The average molecular weight is 266 g/mol. The Bertz CT molecular complexity index is 605. The summed E-state index contributed by atoms with van der Waals surface area (Å²) in [5, 5.41) is 6.50. The van der Waals surface area contributed by atoms with E-state index in [0.717, 1.165) is 5.56 Å². The molecule has 0 bridgehead atoms. The van der Waals surface area contributed by atoms with Crippen LogP contribution in [-0.2, 0) is 6.54 Å². The first kappa shape index (κ1) is 12.4. The Kier molecular flexibility index (Phi) is 3.52. The van der Waals surface area contributed by atoms with Crippen molar-refractivity contribution in [3.8, 4) is 11.5 Å². The van der Waals surface area contributed by atoms with Gasteiger partial charge in [0.25, 0.3) is 0 Å². The highest BCUT2D eigenvalue weighted by Gasteiger charge is 2.07. The van der Waals surface area contributed by atoms with E-state index < -0.39 is 0 Å². The molecule has 7 heteroatoms. The second-order valence-corrected chi connectivity index (χ2v) is 4.05. The van der Waals surface area contributed by atoms with Crippen LogP contribution >= 0.6 is 12.2 Å². The van der Waals surface area contributed by atoms with Crippen molar-refractivity contribution in [3.05, 3.63) is 28.5 Å². The quantitative estimate of drug-likeness (QED) is 0.822. The number of benzene rings is 1. The predicted molar refractivity (Wildman–Crippen MR) is 70.5 cm³/mol. The Morgan fingerprint density at radius 2 is 2.06 bits per heavy atom. The molecule has 1 aromatic heterocycles. The summed E-state index contributed by atoms with van der Waals surface area (Å²) in [6.45, 7) is 0.529. The van der Waals surface area contributed by atoms with Crippen LogP contribution in [-0.4, -0.2) is 29.0 Å². The zero-order valence-corrected chi connectivity index (χ0v) is 11.0. The molecular formula is C11H14N4O2S. The summed E-state index contributed by atoms with van der Waals surface area (Å²) < 4.78 is 12.6.